The van der Waals surface area contributed by atoms with Gasteiger partial charge in [0.05, 0.1) is 10.5 Å². The second kappa shape index (κ2) is 5.88. The van der Waals surface area contributed by atoms with Crippen LogP contribution in [0.3, 0.4) is 0 Å². The van der Waals surface area contributed by atoms with Gasteiger partial charge in [0.1, 0.15) is 10.6 Å². The van der Waals surface area contributed by atoms with Crippen molar-refractivity contribution in [3.05, 3.63) is 17.7 Å². The molecule has 0 unspecified atom stereocenters. The number of rotatable bonds is 3. The number of phenols is 1. The monoisotopic (exact) mass is 387 g/mol. The molecule has 0 spiro atoms. The minimum absolute atomic E-state index is 0.430. The molecule has 122 valence electrons. The lowest BCUT2D eigenvalue weighted by molar-refractivity contribution is 0.0789. The molecule has 22 heavy (non-hydrogen) atoms. The highest BCUT2D eigenvalue weighted by molar-refractivity contribution is 8.14. The van der Waals surface area contributed by atoms with Crippen LogP contribution in [0.5, 0.6) is 5.75 Å². The summed E-state index contributed by atoms with van der Waals surface area (Å²) in [5.41, 5.74) is -0.470. The van der Waals surface area contributed by atoms with Gasteiger partial charge in [-0.25, -0.2) is 16.8 Å². The number of benzene rings is 1. The van der Waals surface area contributed by atoms with Gasteiger partial charge < -0.3 is 10.0 Å². The largest absolute Gasteiger partial charge is 0.506 e. The summed E-state index contributed by atoms with van der Waals surface area (Å²) >= 11 is 0. The Morgan fingerprint density at radius 3 is 2.05 bits per heavy atom. The number of hydrogen-bond acceptors (Lipinski definition) is 6. The summed E-state index contributed by atoms with van der Waals surface area (Å²) in [6.45, 7) is 0.859. The van der Waals surface area contributed by atoms with Gasteiger partial charge in [0.25, 0.3) is 24.0 Å². The second-order valence-electron chi connectivity index (χ2n) is 4.69. The van der Waals surface area contributed by atoms with Crippen molar-refractivity contribution in [3.63, 3.8) is 0 Å². The topological polar surface area (TPSA) is 109 Å². The summed E-state index contributed by atoms with van der Waals surface area (Å²) in [5, 5.41) is 10.00. The third kappa shape index (κ3) is 3.48. The normalized spacial score (nSPS) is 16.0. The number of halogens is 2. The second-order valence-corrected chi connectivity index (χ2v) is 9.79. The van der Waals surface area contributed by atoms with E-state index in [-0.39, 0.29) is 0 Å². The van der Waals surface area contributed by atoms with Gasteiger partial charge in [-0.1, -0.05) is 0 Å². The molecule has 0 radical (unpaired) electrons. The van der Waals surface area contributed by atoms with Crippen LogP contribution in [0.4, 0.5) is 0 Å². The Morgan fingerprint density at radius 2 is 1.59 bits per heavy atom. The van der Waals surface area contributed by atoms with Crippen molar-refractivity contribution in [3.8, 4) is 5.75 Å². The van der Waals surface area contributed by atoms with Crippen LogP contribution in [-0.2, 0) is 18.1 Å². The van der Waals surface area contributed by atoms with E-state index >= 15 is 0 Å². The Morgan fingerprint density at radius 1 is 1.05 bits per heavy atom. The Kier molecular flexibility index (Phi) is 4.63. The van der Waals surface area contributed by atoms with Crippen LogP contribution in [0, 0.1) is 0 Å². The molecule has 0 saturated carbocycles. The molecule has 1 aromatic carbocycles. The fourth-order valence-electron chi connectivity index (χ4n) is 2.16. The summed E-state index contributed by atoms with van der Waals surface area (Å²) in [6.07, 6.45) is 1.53. The van der Waals surface area contributed by atoms with Gasteiger partial charge in [0, 0.05) is 34.5 Å². The molecular weight excluding hydrogens is 377 g/mol. The standard InChI is InChI=1S/C11H11Cl2NO6S2/c12-21(17,18)7-5-8(11(16)14-3-1-2-4-14)10(15)9(6-7)22(13,19)20/h5-6,15H,1-4H2. The molecular formula is C11H11Cl2NO6S2. The maximum Gasteiger partial charge on any atom is 0.265 e. The van der Waals surface area contributed by atoms with E-state index in [1.165, 1.54) is 4.90 Å². The zero-order valence-corrected chi connectivity index (χ0v) is 14.1. The molecule has 1 fully saturated rings. The molecule has 11 heteroatoms. The number of carbonyl (C=O) groups is 1. The minimum atomic E-state index is -4.47. The van der Waals surface area contributed by atoms with Gasteiger partial charge >= 0.3 is 0 Å². The van der Waals surface area contributed by atoms with Gasteiger partial charge in [-0.15, -0.1) is 0 Å². The molecule has 2 rings (SSSR count). The van der Waals surface area contributed by atoms with Gasteiger partial charge in [0.15, 0.2) is 0 Å². The quantitative estimate of drug-likeness (QED) is 0.786. The number of nitrogens with zero attached hydrogens (tertiary/aromatic N) is 1. The Bertz CT molecular complexity index is 828. The molecule has 1 saturated heterocycles. The molecule has 0 bridgehead atoms. The summed E-state index contributed by atoms with van der Waals surface area (Å²) in [4.78, 5) is 12.2. The van der Waals surface area contributed by atoms with Crippen LogP contribution < -0.4 is 0 Å². The Labute approximate surface area is 136 Å². The summed E-state index contributed by atoms with van der Waals surface area (Å²) < 4.78 is 45.8. The third-order valence-corrected chi connectivity index (χ3v) is 5.88. The minimum Gasteiger partial charge on any atom is -0.506 e. The van der Waals surface area contributed by atoms with Gasteiger partial charge in [-0.2, -0.15) is 0 Å². The number of aromatic hydroxyl groups is 1. The van der Waals surface area contributed by atoms with Crippen LogP contribution in [0.15, 0.2) is 21.9 Å². The SMILES string of the molecule is O=C(c1cc(S(=O)(=O)Cl)cc(S(=O)(=O)Cl)c1O)N1CCCC1. The first-order chi connectivity index (χ1) is 10.0. The molecule has 1 N–H and O–H groups in total. The number of carbonyl (C=O) groups excluding carboxylic acids is 1. The first-order valence-electron chi connectivity index (χ1n) is 6.07. The predicted molar refractivity (Wildman–Crippen MR) is 79.3 cm³/mol. The molecule has 1 heterocycles. The van der Waals surface area contributed by atoms with E-state index < -0.39 is 45.1 Å². The number of amides is 1. The molecule has 0 aliphatic carbocycles. The predicted octanol–water partition coefficient (Wildman–Crippen LogP) is 1.48. The average Bonchev–Trinajstić information content (AvgIpc) is 2.89. The van der Waals surface area contributed by atoms with Crippen molar-refractivity contribution in [2.24, 2.45) is 0 Å². The van der Waals surface area contributed by atoms with Crippen LogP contribution in [0.25, 0.3) is 0 Å². The lowest BCUT2D eigenvalue weighted by Gasteiger charge is -2.17. The van der Waals surface area contributed by atoms with E-state index in [2.05, 4.69) is 0 Å². The zero-order chi connectivity index (χ0) is 16.7. The van der Waals surface area contributed by atoms with Crippen molar-refractivity contribution in [2.45, 2.75) is 22.6 Å². The maximum absolute atomic E-state index is 12.3. The van der Waals surface area contributed by atoms with Crippen LogP contribution >= 0.6 is 21.4 Å². The van der Waals surface area contributed by atoms with E-state index in [1.54, 1.807) is 0 Å². The Balaban J connectivity index is 2.69. The summed E-state index contributed by atoms with van der Waals surface area (Å²) in [6, 6.07) is 1.45. The van der Waals surface area contributed by atoms with E-state index in [0.29, 0.717) is 19.2 Å². The number of likely N-dealkylation sites (tertiary alicyclic amines) is 1. The van der Waals surface area contributed by atoms with E-state index in [9.17, 15) is 26.7 Å². The first-order valence-corrected chi connectivity index (χ1v) is 10.7. The van der Waals surface area contributed by atoms with Crippen LogP contribution in [0.1, 0.15) is 23.2 Å². The van der Waals surface area contributed by atoms with E-state index in [0.717, 1.165) is 18.9 Å². The highest BCUT2D eigenvalue weighted by Gasteiger charge is 2.29. The zero-order valence-electron chi connectivity index (χ0n) is 11.0. The molecule has 1 aromatic rings. The fourth-order valence-corrected chi connectivity index (χ4v) is 3.98. The van der Waals surface area contributed by atoms with Crippen molar-refractivity contribution in [2.75, 3.05) is 13.1 Å². The van der Waals surface area contributed by atoms with Crippen LogP contribution in [0.2, 0.25) is 0 Å². The fraction of sp³-hybridized carbons (Fsp3) is 0.364. The molecule has 1 aliphatic rings. The van der Waals surface area contributed by atoms with Gasteiger partial charge in [-0.05, 0) is 25.0 Å². The molecule has 7 nitrogen and oxygen atoms in total. The van der Waals surface area contributed by atoms with Gasteiger partial charge in [-0.3, -0.25) is 4.79 Å². The Hall–Kier alpha value is -1.03. The maximum atomic E-state index is 12.3. The first kappa shape index (κ1) is 17.3. The van der Waals surface area contributed by atoms with Crippen LogP contribution in [-0.4, -0.2) is 45.8 Å². The molecule has 0 atom stereocenters. The van der Waals surface area contributed by atoms with Gasteiger partial charge in [0.2, 0.25) is 0 Å². The highest BCUT2D eigenvalue weighted by atomic mass is 35.7. The molecule has 0 aromatic heterocycles. The van der Waals surface area contributed by atoms with Crippen molar-refractivity contribution >= 4 is 45.4 Å². The third-order valence-electron chi connectivity index (χ3n) is 3.22. The van der Waals surface area contributed by atoms with Crippen molar-refractivity contribution in [1.82, 2.24) is 4.90 Å². The lowest BCUT2D eigenvalue weighted by Crippen LogP contribution is -2.28. The summed E-state index contributed by atoms with van der Waals surface area (Å²) in [5.74, 6) is -1.57. The van der Waals surface area contributed by atoms with Crippen molar-refractivity contribution < 1.29 is 26.7 Å². The highest BCUT2D eigenvalue weighted by Crippen LogP contribution is 2.34. The summed E-state index contributed by atoms with van der Waals surface area (Å²) in [7, 11) is 1.59. The lowest BCUT2D eigenvalue weighted by atomic mass is 10.1. The number of phenolic OH excluding ortho intramolecular Hbond substituents is 1. The molecule has 1 amide bonds. The molecule has 1 aliphatic heterocycles. The van der Waals surface area contributed by atoms with E-state index in [1.807, 2.05) is 0 Å². The average molecular weight is 388 g/mol. The van der Waals surface area contributed by atoms with Crippen molar-refractivity contribution in [1.29, 1.82) is 0 Å². The number of hydrogen-bond donors (Lipinski definition) is 1. The van der Waals surface area contributed by atoms with E-state index in [4.69, 9.17) is 21.4 Å². The smallest absolute Gasteiger partial charge is 0.265 e.